The average Bonchev–Trinajstić information content (AvgIpc) is 2.23. The van der Waals surface area contributed by atoms with E-state index in [0.29, 0.717) is 12.0 Å². The van der Waals surface area contributed by atoms with Gasteiger partial charge < -0.3 is 4.90 Å². The third-order valence-corrected chi connectivity index (χ3v) is 2.14. The van der Waals surface area contributed by atoms with Crippen molar-refractivity contribution in [3.8, 4) is 0 Å². The molecule has 0 aliphatic heterocycles. The summed E-state index contributed by atoms with van der Waals surface area (Å²) in [7, 11) is 3.27. The van der Waals surface area contributed by atoms with Gasteiger partial charge in [0.05, 0.1) is 5.69 Å². The van der Waals surface area contributed by atoms with Gasteiger partial charge in [-0.15, -0.1) is 0 Å². The quantitative estimate of drug-likeness (QED) is 0.442. The van der Waals surface area contributed by atoms with Gasteiger partial charge in [-0.1, -0.05) is 11.2 Å². The minimum Gasteiger partial charge on any atom is -0.375 e. The lowest BCUT2D eigenvalue weighted by atomic mass is 10.1. The van der Waals surface area contributed by atoms with Crippen molar-refractivity contribution < 1.29 is 8.78 Å². The Morgan fingerprint density at radius 2 is 2.06 bits per heavy atom. The van der Waals surface area contributed by atoms with E-state index < -0.39 is 11.6 Å². The first-order valence-corrected chi connectivity index (χ1v) is 4.73. The molecule has 0 fully saturated rings. The number of azide groups is 1. The van der Waals surface area contributed by atoms with E-state index in [9.17, 15) is 8.78 Å². The largest absolute Gasteiger partial charge is 0.375 e. The minimum atomic E-state index is -0.878. The van der Waals surface area contributed by atoms with E-state index in [1.165, 1.54) is 11.0 Å². The standard InChI is InChI=1S/C10H12F2N4/c1-16(2)10-7(5-6-14-15-13)3-4-8(11)9(10)12/h3-4H,5-6H2,1-2H3. The van der Waals surface area contributed by atoms with Crippen molar-refractivity contribution in [3.05, 3.63) is 39.8 Å². The lowest BCUT2D eigenvalue weighted by Crippen LogP contribution is -2.14. The molecule has 16 heavy (non-hydrogen) atoms. The zero-order valence-corrected chi connectivity index (χ0v) is 9.11. The van der Waals surface area contributed by atoms with Crippen molar-refractivity contribution >= 4 is 5.69 Å². The van der Waals surface area contributed by atoms with Crippen LogP contribution in [-0.2, 0) is 6.42 Å². The molecule has 0 bridgehead atoms. The molecule has 0 amide bonds. The maximum Gasteiger partial charge on any atom is 0.182 e. The van der Waals surface area contributed by atoms with Gasteiger partial charge in [-0.05, 0) is 23.6 Å². The van der Waals surface area contributed by atoms with Crippen LogP contribution in [0, 0.1) is 11.6 Å². The summed E-state index contributed by atoms with van der Waals surface area (Å²) >= 11 is 0. The summed E-state index contributed by atoms with van der Waals surface area (Å²) < 4.78 is 26.5. The van der Waals surface area contributed by atoms with Gasteiger partial charge in [0.2, 0.25) is 0 Å². The van der Waals surface area contributed by atoms with Crippen LogP contribution in [0.3, 0.4) is 0 Å². The second kappa shape index (κ2) is 5.32. The fourth-order valence-corrected chi connectivity index (χ4v) is 1.48. The molecule has 6 heteroatoms. The molecule has 0 radical (unpaired) electrons. The Balaban J connectivity index is 3.07. The Morgan fingerprint density at radius 1 is 1.38 bits per heavy atom. The molecule has 1 aromatic rings. The highest BCUT2D eigenvalue weighted by Crippen LogP contribution is 2.25. The van der Waals surface area contributed by atoms with Crippen molar-refractivity contribution in [2.24, 2.45) is 5.11 Å². The highest BCUT2D eigenvalue weighted by molar-refractivity contribution is 5.54. The molecule has 0 atom stereocenters. The number of benzene rings is 1. The van der Waals surface area contributed by atoms with Gasteiger partial charge in [0.1, 0.15) is 0 Å². The summed E-state index contributed by atoms with van der Waals surface area (Å²) in [4.78, 5) is 4.11. The smallest absolute Gasteiger partial charge is 0.182 e. The zero-order valence-electron chi connectivity index (χ0n) is 9.11. The number of hydrogen-bond donors (Lipinski definition) is 0. The summed E-state index contributed by atoms with van der Waals surface area (Å²) in [6.07, 6.45) is 0.384. The van der Waals surface area contributed by atoms with Crippen LogP contribution in [0.4, 0.5) is 14.5 Å². The van der Waals surface area contributed by atoms with Gasteiger partial charge in [-0.3, -0.25) is 0 Å². The number of rotatable bonds is 4. The van der Waals surface area contributed by atoms with E-state index in [-0.39, 0.29) is 12.2 Å². The first kappa shape index (κ1) is 12.3. The van der Waals surface area contributed by atoms with Crippen molar-refractivity contribution in [2.75, 3.05) is 25.5 Å². The topological polar surface area (TPSA) is 52.0 Å². The number of halogens is 2. The van der Waals surface area contributed by atoms with E-state index in [2.05, 4.69) is 10.0 Å². The van der Waals surface area contributed by atoms with E-state index in [0.717, 1.165) is 6.07 Å². The van der Waals surface area contributed by atoms with E-state index in [1.807, 2.05) is 0 Å². The molecule has 4 nitrogen and oxygen atoms in total. The normalized spacial score (nSPS) is 9.75. The third kappa shape index (κ3) is 2.61. The monoisotopic (exact) mass is 226 g/mol. The van der Waals surface area contributed by atoms with Gasteiger partial charge >= 0.3 is 0 Å². The van der Waals surface area contributed by atoms with E-state index >= 15 is 0 Å². The Bertz CT molecular complexity index is 425. The van der Waals surface area contributed by atoms with Crippen LogP contribution in [0.2, 0.25) is 0 Å². The van der Waals surface area contributed by atoms with Crippen molar-refractivity contribution in [2.45, 2.75) is 6.42 Å². The van der Waals surface area contributed by atoms with Crippen molar-refractivity contribution in [1.82, 2.24) is 0 Å². The van der Waals surface area contributed by atoms with Crippen LogP contribution in [0.1, 0.15) is 5.56 Å². The third-order valence-electron chi connectivity index (χ3n) is 2.14. The highest BCUT2D eigenvalue weighted by Gasteiger charge is 2.14. The molecular weight excluding hydrogens is 214 g/mol. The Labute approximate surface area is 92.1 Å². The van der Waals surface area contributed by atoms with Crippen LogP contribution in [0.25, 0.3) is 10.4 Å². The second-order valence-corrected chi connectivity index (χ2v) is 3.47. The molecule has 0 N–H and O–H groups in total. The Kier molecular flexibility index (Phi) is 4.08. The fraction of sp³-hybridized carbons (Fsp3) is 0.400. The maximum atomic E-state index is 13.5. The zero-order chi connectivity index (χ0) is 12.1. The van der Waals surface area contributed by atoms with Gasteiger partial charge in [0.25, 0.3) is 0 Å². The number of nitrogens with zero attached hydrogens (tertiary/aromatic N) is 4. The van der Waals surface area contributed by atoms with E-state index in [4.69, 9.17) is 5.53 Å². The predicted molar refractivity (Wildman–Crippen MR) is 58.4 cm³/mol. The summed E-state index contributed by atoms with van der Waals surface area (Å²) in [5.74, 6) is -1.75. The SMILES string of the molecule is CN(C)c1c(CCN=[N+]=[N-])ccc(F)c1F. The summed E-state index contributed by atoms with van der Waals surface area (Å²) in [6, 6.07) is 2.58. The summed E-state index contributed by atoms with van der Waals surface area (Å²) in [5.41, 5.74) is 8.96. The van der Waals surface area contributed by atoms with E-state index in [1.54, 1.807) is 14.1 Å². The summed E-state index contributed by atoms with van der Waals surface area (Å²) in [6.45, 7) is 0.225. The molecule has 86 valence electrons. The molecule has 0 saturated carbocycles. The number of anilines is 1. The molecule has 0 saturated heterocycles. The van der Waals surface area contributed by atoms with Crippen LogP contribution in [0.5, 0.6) is 0 Å². The molecule has 1 aromatic carbocycles. The Morgan fingerprint density at radius 3 is 2.62 bits per heavy atom. The summed E-state index contributed by atoms with van der Waals surface area (Å²) in [5, 5.41) is 3.37. The molecule has 1 rings (SSSR count). The van der Waals surface area contributed by atoms with Gasteiger partial charge in [0, 0.05) is 25.6 Å². The van der Waals surface area contributed by atoms with Gasteiger partial charge in [-0.25, -0.2) is 8.78 Å². The molecule has 0 aliphatic rings. The molecule has 0 heterocycles. The second-order valence-electron chi connectivity index (χ2n) is 3.47. The van der Waals surface area contributed by atoms with Crippen LogP contribution < -0.4 is 4.90 Å². The first-order chi connectivity index (χ1) is 7.57. The van der Waals surface area contributed by atoms with Gasteiger partial charge in [-0.2, -0.15) is 0 Å². The maximum absolute atomic E-state index is 13.5. The number of hydrogen-bond acceptors (Lipinski definition) is 2. The fourth-order valence-electron chi connectivity index (χ4n) is 1.48. The van der Waals surface area contributed by atoms with Crippen LogP contribution in [-0.4, -0.2) is 20.6 Å². The molecule has 0 aliphatic carbocycles. The Hall–Kier alpha value is -1.81. The minimum absolute atomic E-state index is 0.202. The predicted octanol–water partition coefficient (Wildman–Crippen LogP) is 2.88. The highest BCUT2D eigenvalue weighted by atomic mass is 19.2. The van der Waals surface area contributed by atoms with Crippen LogP contribution in [0.15, 0.2) is 17.2 Å². The molecule has 0 aromatic heterocycles. The first-order valence-electron chi connectivity index (χ1n) is 4.73. The molecule has 0 unspecified atom stereocenters. The molecular formula is C10H12F2N4. The van der Waals surface area contributed by atoms with Crippen molar-refractivity contribution in [3.63, 3.8) is 0 Å². The lowest BCUT2D eigenvalue weighted by molar-refractivity contribution is 0.507. The lowest BCUT2D eigenvalue weighted by Gasteiger charge is -2.18. The van der Waals surface area contributed by atoms with Gasteiger partial charge in [0.15, 0.2) is 11.6 Å². The van der Waals surface area contributed by atoms with Crippen LogP contribution >= 0.6 is 0 Å². The molecule has 0 spiro atoms. The van der Waals surface area contributed by atoms with Crippen molar-refractivity contribution in [1.29, 1.82) is 0 Å². The average molecular weight is 226 g/mol.